The summed E-state index contributed by atoms with van der Waals surface area (Å²) in [6, 6.07) is 3.78. The lowest BCUT2D eigenvalue weighted by Crippen LogP contribution is -2.34. The van der Waals surface area contributed by atoms with Gasteiger partial charge in [-0.3, -0.25) is 4.79 Å². The van der Waals surface area contributed by atoms with Gasteiger partial charge in [0.25, 0.3) is 5.91 Å². The highest BCUT2D eigenvalue weighted by Crippen LogP contribution is 2.22. The summed E-state index contributed by atoms with van der Waals surface area (Å²) in [7, 11) is 0. The SMILES string of the molecule is Cc1ccc(C(=O)NCC2COC(C)(C)O2)s1. The van der Waals surface area contributed by atoms with Crippen LogP contribution < -0.4 is 5.32 Å². The maximum absolute atomic E-state index is 11.8. The molecule has 4 nitrogen and oxygen atoms in total. The second kappa shape index (κ2) is 4.76. The molecule has 17 heavy (non-hydrogen) atoms. The number of carbonyl (C=O) groups is 1. The molecule has 1 unspecified atom stereocenters. The van der Waals surface area contributed by atoms with E-state index in [1.165, 1.54) is 11.3 Å². The molecule has 1 aromatic rings. The monoisotopic (exact) mass is 255 g/mol. The molecule has 2 rings (SSSR count). The Morgan fingerprint density at radius 2 is 2.35 bits per heavy atom. The Morgan fingerprint density at radius 3 is 2.88 bits per heavy atom. The van der Waals surface area contributed by atoms with E-state index in [-0.39, 0.29) is 12.0 Å². The minimum Gasteiger partial charge on any atom is -0.349 e. The van der Waals surface area contributed by atoms with Crippen LogP contribution in [0.25, 0.3) is 0 Å². The van der Waals surface area contributed by atoms with E-state index in [1.807, 2.05) is 32.9 Å². The molecular weight excluding hydrogens is 238 g/mol. The predicted molar refractivity (Wildman–Crippen MR) is 66.3 cm³/mol. The van der Waals surface area contributed by atoms with Gasteiger partial charge in [-0.2, -0.15) is 0 Å². The van der Waals surface area contributed by atoms with Crippen molar-refractivity contribution in [3.05, 3.63) is 21.9 Å². The minimum absolute atomic E-state index is 0.0450. The number of hydrogen-bond acceptors (Lipinski definition) is 4. The summed E-state index contributed by atoms with van der Waals surface area (Å²) in [5.41, 5.74) is 0. The average Bonchev–Trinajstić information content (AvgIpc) is 2.81. The first kappa shape index (κ1) is 12.5. The van der Waals surface area contributed by atoms with Gasteiger partial charge in [0.05, 0.1) is 11.5 Å². The van der Waals surface area contributed by atoms with E-state index < -0.39 is 5.79 Å². The topological polar surface area (TPSA) is 47.6 Å². The van der Waals surface area contributed by atoms with Gasteiger partial charge in [0.15, 0.2) is 5.79 Å². The molecular formula is C12H17NO3S. The van der Waals surface area contributed by atoms with Crippen LogP contribution in [0.1, 0.15) is 28.4 Å². The maximum atomic E-state index is 11.8. The van der Waals surface area contributed by atoms with Gasteiger partial charge in [-0.05, 0) is 32.9 Å². The third-order valence-corrected chi connectivity index (χ3v) is 3.52. The van der Waals surface area contributed by atoms with Crippen LogP contribution in [0.2, 0.25) is 0 Å². The molecule has 1 aliphatic rings. The fraction of sp³-hybridized carbons (Fsp3) is 0.583. The molecule has 1 fully saturated rings. The van der Waals surface area contributed by atoms with E-state index in [4.69, 9.17) is 9.47 Å². The number of amides is 1. The van der Waals surface area contributed by atoms with Crippen molar-refractivity contribution < 1.29 is 14.3 Å². The van der Waals surface area contributed by atoms with Gasteiger partial charge in [-0.1, -0.05) is 0 Å². The van der Waals surface area contributed by atoms with E-state index in [1.54, 1.807) is 0 Å². The molecule has 1 aliphatic heterocycles. The molecule has 0 aromatic carbocycles. The second-order valence-electron chi connectivity index (χ2n) is 4.57. The van der Waals surface area contributed by atoms with Crippen molar-refractivity contribution in [1.29, 1.82) is 0 Å². The highest BCUT2D eigenvalue weighted by Gasteiger charge is 2.32. The van der Waals surface area contributed by atoms with Gasteiger partial charge in [-0.25, -0.2) is 0 Å². The zero-order valence-electron chi connectivity index (χ0n) is 10.3. The van der Waals surface area contributed by atoms with Gasteiger partial charge in [0, 0.05) is 11.4 Å². The molecule has 0 aliphatic carbocycles. The summed E-state index contributed by atoms with van der Waals surface area (Å²) in [5, 5.41) is 2.86. The summed E-state index contributed by atoms with van der Waals surface area (Å²) in [6.07, 6.45) is -0.0602. The molecule has 2 heterocycles. The van der Waals surface area contributed by atoms with Crippen molar-refractivity contribution in [1.82, 2.24) is 5.32 Å². The van der Waals surface area contributed by atoms with Crippen LogP contribution in [0, 0.1) is 6.92 Å². The fourth-order valence-electron chi connectivity index (χ4n) is 1.71. The lowest BCUT2D eigenvalue weighted by atomic mass is 10.3. The quantitative estimate of drug-likeness (QED) is 0.898. The normalized spacial score (nSPS) is 22.6. The zero-order valence-corrected chi connectivity index (χ0v) is 11.1. The van der Waals surface area contributed by atoms with Crippen LogP contribution in [-0.4, -0.2) is 30.9 Å². The highest BCUT2D eigenvalue weighted by atomic mass is 32.1. The number of thiophene rings is 1. The van der Waals surface area contributed by atoms with Crippen LogP contribution in [0.3, 0.4) is 0 Å². The Bertz CT molecular complexity index is 414. The summed E-state index contributed by atoms with van der Waals surface area (Å²) >= 11 is 1.49. The minimum atomic E-state index is -0.533. The Labute approximate surface area is 105 Å². The second-order valence-corrected chi connectivity index (χ2v) is 5.86. The van der Waals surface area contributed by atoms with Crippen LogP contribution in [0.5, 0.6) is 0 Å². The molecule has 94 valence electrons. The molecule has 1 amide bonds. The summed E-state index contributed by atoms with van der Waals surface area (Å²) in [5.74, 6) is -0.578. The number of ether oxygens (including phenoxy) is 2. The van der Waals surface area contributed by atoms with E-state index in [2.05, 4.69) is 5.32 Å². The first-order valence-electron chi connectivity index (χ1n) is 5.63. The molecule has 5 heteroatoms. The zero-order chi connectivity index (χ0) is 12.5. The molecule has 1 aromatic heterocycles. The lowest BCUT2D eigenvalue weighted by Gasteiger charge is -2.17. The van der Waals surface area contributed by atoms with Gasteiger partial charge in [0.2, 0.25) is 0 Å². The van der Waals surface area contributed by atoms with Crippen molar-refractivity contribution in [3.8, 4) is 0 Å². The molecule has 0 radical (unpaired) electrons. The van der Waals surface area contributed by atoms with E-state index >= 15 is 0 Å². The first-order valence-corrected chi connectivity index (χ1v) is 6.44. The molecule has 0 spiro atoms. The number of aryl methyl sites for hydroxylation is 1. The molecule has 1 atom stereocenters. The molecule has 1 saturated heterocycles. The van der Waals surface area contributed by atoms with E-state index in [0.29, 0.717) is 13.2 Å². The third kappa shape index (κ3) is 3.28. The largest absolute Gasteiger partial charge is 0.349 e. The smallest absolute Gasteiger partial charge is 0.261 e. The fourth-order valence-corrected chi connectivity index (χ4v) is 2.50. The summed E-state index contributed by atoms with van der Waals surface area (Å²) in [6.45, 7) is 6.74. The Balaban J connectivity index is 1.81. The molecule has 0 saturated carbocycles. The highest BCUT2D eigenvalue weighted by molar-refractivity contribution is 7.13. The first-order chi connectivity index (χ1) is 7.96. The Morgan fingerprint density at radius 1 is 1.59 bits per heavy atom. The molecule has 1 N–H and O–H groups in total. The van der Waals surface area contributed by atoms with Gasteiger partial charge in [0.1, 0.15) is 6.10 Å². The standard InChI is InChI=1S/C12H17NO3S/c1-8-4-5-10(17-8)11(14)13-6-9-7-15-12(2,3)16-9/h4-5,9H,6-7H2,1-3H3,(H,13,14). The van der Waals surface area contributed by atoms with Gasteiger partial charge < -0.3 is 14.8 Å². The van der Waals surface area contributed by atoms with E-state index in [9.17, 15) is 4.79 Å². The Kier molecular flexibility index (Phi) is 3.51. The van der Waals surface area contributed by atoms with Crippen molar-refractivity contribution in [3.63, 3.8) is 0 Å². The number of rotatable bonds is 3. The maximum Gasteiger partial charge on any atom is 0.261 e. The van der Waals surface area contributed by atoms with Crippen LogP contribution >= 0.6 is 11.3 Å². The lowest BCUT2D eigenvalue weighted by molar-refractivity contribution is -0.137. The van der Waals surface area contributed by atoms with E-state index in [0.717, 1.165) is 9.75 Å². The van der Waals surface area contributed by atoms with Crippen molar-refractivity contribution in [2.24, 2.45) is 0 Å². The van der Waals surface area contributed by atoms with Crippen molar-refractivity contribution >= 4 is 17.2 Å². The number of carbonyl (C=O) groups excluding carboxylic acids is 1. The predicted octanol–water partition coefficient (Wildman–Crippen LogP) is 1.94. The van der Waals surface area contributed by atoms with Gasteiger partial charge >= 0.3 is 0 Å². The number of hydrogen-bond donors (Lipinski definition) is 1. The average molecular weight is 255 g/mol. The van der Waals surface area contributed by atoms with Gasteiger partial charge in [-0.15, -0.1) is 11.3 Å². The van der Waals surface area contributed by atoms with Crippen LogP contribution in [0.15, 0.2) is 12.1 Å². The molecule has 0 bridgehead atoms. The number of nitrogens with one attached hydrogen (secondary N) is 1. The van der Waals surface area contributed by atoms with Crippen LogP contribution in [0.4, 0.5) is 0 Å². The summed E-state index contributed by atoms with van der Waals surface area (Å²) < 4.78 is 11.0. The third-order valence-electron chi connectivity index (χ3n) is 2.52. The summed E-state index contributed by atoms with van der Waals surface area (Å²) in [4.78, 5) is 13.7. The van der Waals surface area contributed by atoms with Crippen molar-refractivity contribution in [2.45, 2.75) is 32.7 Å². The van der Waals surface area contributed by atoms with Crippen molar-refractivity contribution in [2.75, 3.05) is 13.2 Å². The van der Waals surface area contributed by atoms with Crippen LogP contribution in [-0.2, 0) is 9.47 Å². The Hall–Kier alpha value is -0.910.